The van der Waals surface area contributed by atoms with E-state index < -0.39 is 17.5 Å². The van der Waals surface area contributed by atoms with Gasteiger partial charge in [-0.2, -0.15) is 5.10 Å². The summed E-state index contributed by atoms with van der Waals surface area (Å²) in [5.41, 5.74) is 3.78. The Hall–Kier alpha value is -7.46. The Morgan fingerprint density at radius 2 is 1.54 bits per heavy atom. The van der Waals surface area contributed by atoms with Crippen molar-refractivity contribution >= 4 is 52.6 Å². The molecule has 21 heteroatoms. The van der Waals surface area contributed by atoms with E-state index in [-0.39, 0.29) is 54.9 Å². The van der Waals surface area contributed by atoms with Gasteiger partial charge in [0.15, 0.2) is 5.84 Å². The number of hydrogen-bond acceptors (Lipinski definition) is 16. The Morgan fingerprint density at radius 1 is 0.835 bits per heavy atom. The fourth-order valence-electron chi connectivity index (χ4n) is 10.2. The Morgan fingerprint density at radius 3 is 2.28 bits per heavy atom. The van der Waals surface area contributed by atoms with Gasteiger partial charge in [-0.05, 0) is 119 Å². The molecule has 4 aromatic rings. The molecule has 0 aliphatic carbocycles. The number of carbonyl (C=O) groups excluding carboxylic acids is 5. The van der Waals surface area contributed by atoms with Crippen LogP contribution in [-0.4, -0.2) is 141 Å². The van der Waals surface area contributed by atoms with Gasteiger partial charge in [-0.1, -0.05) is 25.0 Å². The maximum absolute atomic E-state index is 13.9. The fourth-order valence-corrected chi connectivity index (χ4v) is 10.2. The number of unbranched alkanes of at least 4 members (excludes halogenated alkanes) is 5. The van der Waals surface area contributed by atoms with Crippen LogP contribution in [0.25, 0.3) is 0 Å². The average molecular weight is 1090 g/mol. The van der Waals surface area contributed by atoms with E-state index in [2.05, 4.69) is 48.6 Å². The van der Waals surface area contributed by atoms with Crippen molar-refractivity contribution < 1.29 is 47.7 Å². The van der Waals surface area contributed by atoms with Crippen molar-refractivity contribution in [2.75, 3.05) is 83.6 Å². The molecule has 1 aromatic heterocycles. The van der Waals surface area contributed by atoms with Gasteiger partial charge in [0, 0.05) is 104 Å². The molecule has 21 nitrogen and oxygen atoms in total. The lowest BCUT2D eigenvalue weighted by molar-refractivity contribution is -0.137. The van der Waals surface area contributed by atoms with Crippen molar-refractivity contribution in [3.63, 3.8) is 0 Å². The van der Waals surface area contributed by atoms with Crippen molar-refractivity contribution in [3.05, 3.63) is 113 Å². The zero-order valence-electron chi connectivity index (χ0n) is 45.2. The number of likely N-dealkylation sites (tertiary alicyclic amines) is 1. The Balaban J connectivity index is 0.647. The van der Waals surface area contributed by atoms with Crippen LogP contribution < -0.4 is 41.9 Å². The number of hydrogen-bond donors (Lipinski definition) is 7. The van der Waals surface area contributed by atoms with Crippen molar-refractivity contribution in [2.45, 2.75) is 108 Å². The Bertz CT molecular complexity index is 2770. The van der Waals surface area contributed by atoms with Crippen LogP contribution >= 0.6 is 0 Å². The predicted molar refractivity (Wildman–Crippen MR) is 298 cm³/mol. The quantitative estimate of drug-likeness (QED) is 0.00852. The molecule has 3 aromatic carbocycles. The first-order chi connectivity index (χ1) is 38.5. The number of nitrogens with one attached hydrogen (secondary N) is 6. The third kappa shape index (κ3) is 16.1. The number of rotatable bonds is 28. The predicted octanol–water partition coefficient (Wildman–Crippen LogP) is 6.05. The van der Waals surface area contributed by atoms with Gasteiger partial charge in [0.25, 0.3) is 11.8 Å². The summed E-state index contributed by atoms with van der Waals surface area (Å²) in [5, 5.41) is 28.4. The first-order valence-corrected chi connectivity index (χ1v) is 27.6. The number of anilines is 2. The van der Waals surface area contributed by atoms with Crippen LogP contribution in [0.1, 0.15) is 127 Å². The van der Waals surface area contributed by atoms with Crippen molar-refractivity contribution in [1.29, 1.82) is 5.41 Å². The zero-order chi connectivity index (χ0) is 55.4. The van der Waals surface area contributed by atoms with E-state index in [0.29, 0.717) is 113 Å². The Kier molecular flexibility index (Phi) is 21.2. The topological polar surface area (TPSA) is 273 Å². The minimum Gasteiger partial charge on any atom is -0.494 e. The number of benzene rings is 3. The normalized spacial score (nSPS) is 18.0. The molecule has 4 aliphatic rings. The SMILES string of the molecule is CN1CCC(Nc2cccc(C(=O)N[C@@H]3CCOc4ccc(OCCCCCCOCCOCCOCCCCCC(=O)Nc5cccc6c5CN(C5CCC(=O)NC5=O)C6=O)cc43)c2)(C(=N)N/C(=N\N)c2ccncc2)CC1. The highest BCUT2D eigenvalue weighted by atomic mass is 16.5. The lowest BCUT2D eigenvalue weighted by Gasteiger charge is -2.42. The monoisotopic (exact) mass is 1090 g/mol. The van der Waals surface area contributed by atoms with Crippen LogP contribution in [0.2, 0.25) is 0 Å². The van der Waals surface area contributed by atoms with Gasteiger partial charge in [-0.15, -0.1) is 0 Å². The van der Waals surface area contributed by atoms with Crippen molar-refractivity contribution in [2.24, 2.45) is 10.9 Å². The van der Waals surface area contributed by atoms with E-state index in [1.54, 1.807) is 48.8 Å². The third-order valence-electron chi connectivity index (χ3n) is 14.7. The number of amides is 5. The molecule has 0 radical (unpaired) electrons. The van der Waals surface area contributed by atoms with Gasteiger partial charge in [-0.25, -0.2) is 0 Å². The number of imide groups is 1. The molecule has 5 amide bonds. The molecule has 2 fully saturated rings. The third-order valence-corrected chi connectivity index (χ3v) is 14.7. The van der Waals surface area contributed by atoms with Crippen LogP contribution in [0, 0.1) is 5.41 Å². The number of nitrogens with two attached hydrogens (primary N) is 1. The number of hydrazone groups is 1. The number of carbonyl (C=O) groups is 5. The number of piperidine rings is 2. The lowest BCUT2D eigenvalue weighted by Crippen LogP contribution is -2.58. The molecular formula is C58H75N11O10. The number of pyridine rings is 1. The second-order valence-corrected chi connectivity index (χ2v) is 20.4. The van der Waals surface area contributed by atoms with Gasteiger partial charge >= 0.3 is 0 Å². The molecular weight excluding hydrogens is 1010 g/mol. The molecule has 1 unspecified atom stereocenters. The van der Waals surface area contributed by atoms with Crippen LogP contribution in [0.15, 0.2) is 90.3 Å². The number of ether oxygens (including phenoxy) is 5. The molecule has 2 saturated heterocycles. The van der Waals surface area contributed by atoms with E-state index in [0.717, 1.165) is 79.9 Å². The Labute approximate surface area is 461 Å². The van der Waals surface area contributed by atoms with Gasteiger partial charge in [-0.3, -0.25) is 39.7 Å². The largest absolute Gasteiger partial charge is 0.494 e. The summed E-state index contributed by atoms with van der Waals surface area (Å²) in [6.45, 7) is 6.00. The highest BCUT2D eigenvalue weighted by Crippen LogP contribution is 2.36. The second kappa shape index (κ2) is 29.0. The fraction of sp³-hybridized carbons (Fsp3) is 0.483. The van der Waals surface area contributed by atoms with E-state index in [4.69, 9.17) is 29.5 Å². The smallest absolute Gasteiger partial charge is 0.255 e. The molecule has 422 valence electrons. The molecule has 0 bridgehead atoms. The highest BCUT2D eigenvalue weighted by molar-refractivity contribution is 6.12. The summed E-state index contributed by atoms with van der Waals surface area (Å²) in [6, 6.07) is 20.9. The van der Waals surface area contributed by atoms with E-state index in [1.165, 1.54) is 4.90 Å². The van der Waals surface area contributed by atoms with Gasteiger partial charge < -0.3 is 60.6 Å². The molecule has 79 heavy (non-hydrogen) atoms. The van der Waals surface area contributed by atoms with E-state index in [1.807, 2.05) is 36.4 Å². The van der Waals surface area contributed by atoms with Crippen molar-refractivity contribution in [1.82, 2.24) is 30.7 Å². The molecule has 8 N–H and O–H groups in total. The molecule has 2 atom stereocenters. The standard InChI is InChI=1S/C58H75N11O10/c1-68-27-23-58(24-28-68,57(59)65-53(67-60)40-20-25-61-26-21-40)66-42-12-9-11-41(37-42)54(72)63-48-22-32-79-50-18-16-43(38-45(48)50)78-31-8-3-2-6-29-75-33-35-77-36-34-76-30-7-4-5-15-51(70)62-47-14-10-13-44-46(47)39-69(56(44)74)49-17-19-52(71)64-55(49)73/h9-14,16,18,20-21,25-26,37-38,48-49,66H,2-8,15,17,19,22-24,27-36,39,60H2,1H3,(H,62,70)(H,63,72)(H2,59,65,67)(H,64,71,73)/t48-,49?/m1/s1. The summed E-state index contributed by atoms with van der Waals surface area (Å²) in [6.07, 6.45) is 12.2. The molecule has 0 saturated carbocycles. The minimum absolute atomic E-state index is 0.140. The number of nitrogens with zero attached hydrogens (tertiary/aromatic N) is 4. The maximum Gasteiger partial charge on any atom is 0.255 e. The minimum atomic E-state index is -0.752. The molecule has 0 spiro atoms. The number of aromatic nitrogens is 1. The first kappa shape index (κ1) is 57.7. The maximum atomic E-state index is 13.9. The van der Waals surface area contributed by atoms with Crippen LogP contribution in [0.5, 0.6) is 11.5 Å². The summed E-state index contributed by atoms with van der Waals surface area (Å²) < 4.78 is 29.3. The summed E-state index contributed by atoms with van der Waals surface area (Å²) in [4.78, 5) is 71.5. The lowest BCUT2D eigenvalue weighted by atomic mass is 9.85. The van der Waals surface area contributed by atoms with Gasteiger partial charge in [0.1, 0.15) is 23.4 Å². The molecule has 4 aliphatic heterocycles. The molecule has 8 rings (SSSR count). The molecule has 5 heterocycles. The van der Waals surface area contributed by atoms with Crippen molar-refractivity contribution in [3.8, 4) is 11.5 Å². The second-order valence-electron chi connectivity index (χ2n) is 20.4. The van der Waals surface area contributed by atoms with E-state index in [9.17, 15) is 29.4 Å². The van der Waals surface area contributed by atoms with Crippen LogP contribution in [0.3, 0.4) is 0 Å². The number of fused-ring (bicyclic) bond motifs is 2. The summed E-state index contributed by atoms with van der Waals surface area (Å²) in [7, 11) is 2.07. The zero-order valence-corrected chi connectivity index (χ0v) is 45.2. The van der Waals surface area contributed by atoms with Gasteiger partial charge in [0.2, 0.25) is 17.7 Å². The van der Waals surface area contributed by atoms with Crippen LogP contribution in [-0.2, 0) is 35.1 Å². The van der Waals surface area contributed by atoms with Gasteiger partial charge in [0.05, 0.1) is 51.2 Å². The highest BCUT2D eigenvalue weighted by Gasteiger charge is 2.41. The van der Waals surface area contributed by atoms with Crippen LogP contribution in [0.4, 0.5) is 11.4 Å². The summed E-state index contributed by atoms with van der Waals surface area (Å²) in [5.74, 6) is 6.40. The number of amidine groups is 2. The van der Waals surface area contributed by atoms with E-state index >= 15 is 0 Å². The first-order valence-electron chi connectivity index (χ1n) is 27.6. The summed E-state index contributed by atoms with van der Waals surface area (Å²) >= 11 is 0. The average Bonchev–Trinajstić information content (AvgIpc) is 3.88.